The molecular formula is C13H21NO. The molecule has 0 heterocycles. The van der Waals surface area contributed by atoms with E-state index >= 15 is 0 Å². The minimum absolute atomic E-state index is 0.351. The molecule has 2 heteroatoms. The highest BCUT2D eigenvalue weighted by Crippen LogP contribution is 2.22. The van der Waals surface area contributed by atoms with E-state index in [1.807, 2.05) is 26.0 Å². The molecule has 1 aromatic carbocycles. The molecule has 0 amide bonds. The van der Waals surface area contributed by atoms with Gasteiger partial charge < -0.3 is 10.8 Å². The van der Waals surface area contributed by atoms with Crippen LogP contribution in [0.15, 0.2) is 24.3 Å². The zero-order valence-corrected chi connectivity index (χ0v) is 9.83. The fourth-order valence-electron chi connectivity index (χ4n) is 1.77. The number of benzene rings is 1. The molecule has 2 nitrogen and oxygen atoms in total. The number of hydrogen-bond donors (Lipinski definition) is 2. The Balaban J connectivity index is 2.96. The van der Waals surface area contributed by atoms with Gasteiger partial charge in [0, 0.05) is 6.42 Å². The van der Waals surface area contributed by atoms with Crippen LogP contribution in [0.4, 0.5) is 0 Å². The molecule has 0 radical (unpaired) electrons. The first-order valence-electron chi connectivity index (χ1n) is 5.44. The molecule has 0 aliphatic carbocycles. The Morgan fingerprint density at radius 2 is 1.93 bits per heavy atom. The lowest BCUT2D eigenvalue weighted by molar-refractivity contribution is 0.0807. The first-order chi connectivity index (χ1) is 6.94. The monoisotopic (exact) mass is 207 g/mol. The first kappa shape index (κ1) is 12.2. The molecule has 0 saturated carbocycles. The van der Waals surface area contributed by atoms with Gasteiger partial charge in [0.2, 0.25) is 0 Å². The minimum atomic E-state index is -0.662. The summed E-state index contributed by atoms with van der Waals surface area (Å²) < 4.78 is 0. The van der Waals surface area contributed by atoms with Crippen molar-refractivity contribution in [2.24, 2.45) is 5.73 Å². The molecule has 0 bridgehead atoms. The summed E-state index contributed by atoms with van der Waals surface area (Å²) in [5, 5.41) is 9.82. The van der Waals surface area contributed by atoms with Gasteiger partial charge in [0.05, 0.1) is 5.60 Å². The summed E-state index contributed by atoms with van der Waals surface area (Å²) >= 11 is 0. The first-order valence-corrected chi connectivity index (χ1v) is 5.44. The Bertz CT molecular complexity index is 315. The van der Waals surface area contributed by atoms with Crippen molar-refractivity contribution in [3.63, 3.8) is 0 Å². The minimum Gasteiger partial charge on any atom is -0.390 e. The third kappa shape index (κ3) is 3.65. The third-order valence-corrected chi connectivity index (χ3v) is 2.56. The molecule has 1 unspecified atom stereocenters. The quantitative estimate of drug-likeness (QED) is 0.794. The molecule has 0 saturated heterocycles. The Labute approximate surface area is 92.1 Å². The Morgan fingerprint density at radius 3 is 2.47 bits per heavy atom. The fraction of sp³-hybridized carbons (Fsp3) is 0.538. The zero-order valence-electron chi connectivity index (χ0n) is 9.83. The maximum Gasteiger partial charge on any atom is 0.0632 e. The van der Waals surface area contributed by atoms with Crippen LogP contribution in [0.2, 0.25) is 0 Å². The van der Waals surface area contributed by atoms with Gasteiger partial charge >= 0.3 is 0 Å². The largest absolute Gasteiger partial charge is 0.390 e. The van der Waals surface area contributed by atoms with Crippen LogP contribution < -0.4 is 5.73 Å². The average molecular weight is 207 g/mol. The van der Waals surface area contributed by atoms with Crippen LogP contribution in [-0.2, 0) is 6.42 Å². The molecule has 3 N–H and O–H groups in total. The summed E-state index contributed by atoms with van der Waals surface area (Å²) in [6.45, 7) is 6.42. The van der Waals surface area contributed by atoms with Gasteiger partial charge in [-0.15, -0.1) is 0 Å². The Morgan fingerprint density at radius 1 is 1.33 bits per heavy atom. The van der Waals surface area contributed by atoms with E-state index in [4.69, 9.17) is 5.73 Å². The smallest absolute Gasteiger partial charge is 0.0632 e. The molecule has 0 spiro atoms. The van der Waals surface area contributed by atoms with Crippen molar-refractivity contribution >= 4 is 0 Å². The second kappa shape index (κ2) is 4.77. The molecule has 0 fully saturated rings. The van der Waals surface area contributed by atoms with Gasteiger partial charge in [-0.25, -0.2) is 0 Å². The van der Waals surface area contributed by atoms with E-state index < -0.39 is 5.60 Å². The lowest BCUT2D eigenvalue weighted by Crippen LogP contribution is -2.23. The topological polar surface area (TPSA) is 46.2 Å². The van der Waals surface area contributed by atoms with Gasteiger partial charge in [-0.3, -0.25) is 0 Å². The van der Waals surface area contributed by atoms with E-state index in [9.17, 15) is 5.11 Å². The third-order valence-electron chi connectivity index (χ3n) is 2.56. The van der Waals surface area contributed by atoms with Crippen molar-refractivity contribution in [1.82, 2.24) is 0 Å². The highest BCUT2D eigenvalue weighted by atomic mass is 16.3. The summed E-state index contributed by atoms with van der Waals surface area (Å²) in [7, 11) is 0. The summed E-state index contributed by atoms with van der Waals surface area (Å²) in [6, 6.07) is 8.20. The van der Waals surface area contributed by atoms with Crippen molar-refractivity contribution < 1.29 is 5.11 Å². The van der Waals surface area contributed by atoms with Crippen molar-refractivity contribution in [3.05, 3.63) is 35.4 Å². The van der Waals surface area contributed by atoms with Crippen LogP contribution >= 0.6 is 0 Å². The summed E-state index contributed by atoms with van der Waals surface area (Å²) in [6.07, 6.45) is 0.674. The Kier molecular flexibility index (Phi) is 3.89. The molecule has 1 rings (SSSR count). The predicted octanol–water partition coefficient (Wildman–Crippen LogP) is 2.06. The van der Waals surface area contributed by atoms with Crippen molar-refractivity contribution in [2.75, 3.05) is 6.54 Å². The van der Waals surface area contributed by atoms with Gasteiger partial charge in [-0.2, -0.15) is 0 Å². The molecular weight excluding hydrogens is 186 g/mol. The van der Waals surface area contributed by atoms with Crippen LogP contribution in [0.3, 0.4) is 0 Å². The second-order valence-corrected chi connectivity index (χ2v) is 4.82. The molecule has 0 aromatic heterocycles. The van der Waals surface area contributed by atoms with E-state index in [1.54, 1.807) is 0 Å². The summed E-state index contributed by atoms with van der Waals surface area (Å²) in [5.41, 5.74) is 7.46. The molecule has 0 aliphatic rings. The maximum absolute atomic E-state index is 9.82. The second-order valence-electron chi connectivity index (χ2n) is 4.82. The highest BCUT2D eigenvalue weighted by Gasteiger charge is 2.17. The van der Waals surface area contributed by atoms with E-state index in [-0.39, 0.29) is 0 Å². The van der Waals surface area contributed by atoms with Crippen molar-refractivity contribution in [2.45, 2.75) is 38.7 Å². The zero-order chi connectivity index (χ0) is 11.5. The standard InChI is InChI=1S/C13H21NO/c1-10(9-14)12-7-5-4-6-11(12)8-13(2,3)15/h4-7,10,15H,8-9,14H2,1-3H3. The fourth-order valence-corrected chi connectivity index (χ4v) is 1.77. The maximum atomic E-state index is 9.82. The number of nitrogens with two attached hydrogens (primary N) is 1. The van der Waals surface area contributed by atoms with Crippen LogP contribution in [0.1, 0.15) is 37.8 Å². The molecule has 15 heavy (non-hydrogen) atoms. The summed E-state index contributed by atoms with van der Waals surface area (Å²) in [5.74, 6) is 0.351. The van der Waals surface area contributed by atoms with Crippen LogP contribution in [0, 0.1) is 0 Å². The molecule has 84 valence electrons. The summed E-state index contributed by atoms with van der Waals surface area (Å²) in [4.78, 5) is 0. The number of rotatable bonds is 4. The lowest BCUT2D eigenvalue weighted by atomic mass is 9.89. The number of aliphatic hydroxyl groups is 1. The van der Waals surface area contributed by atoms with E-state index in [2.05, 4.69) is 19.1 Å². The molecule has 1 aromatic rings. The lowest BCUT2D eigenvalue weighted by Gasteiger charge is -2.21. The SMILES string of the molecule is CC(CN)c1ccccc1CC(C)(C)O. The number of hydrogen-bond acceptors (Lipinski definition) is 2. The highest BCUT2D eigenvalue weighted by molar-refractivity contribution is 5.31. The van der Waals surface area contributed by atoms with Crippen molar-refractivity contribution in [3.8, 4) is 0 Å². The van der Waals surface area contributed by atoms with E-state index in [1.165, 1.54) is 11.1 Å². The van der Waals surface area contributed by atoms with Gasteiger partial charge in [-0.05, 0) is 37.4 Å². The molecule has 1 atom stereocenters. The predicted molar refractivity (Wildman–Crippen MR) is 63.9 cm³/mol. The Hall–Kier alpha value is -0.860. The molecule has 0 aliphatic heterocycles. The van der Waals surface area contributed by atoms with Gasteiger partial charge in [0.25, 0.3) is 0 Å². The van der Waals surface area contributed by atoms with Gasteiger partial charge in [-0.1, -0.05) is 31.2 Å². The van der Waals surface area contributed by atoms with Gasteiger partial charge in [0.15, 0.2) is 0 Å². The van der Waals surface area contributed by atoms with E-state index in [0.29, 0.717) is 18.9 Å². The van der Waals surface area contributed by atoms with E-state index in [0.717, 1.165) is 0 Å². The van der Waals surface area contributed by atoms with Crippen LogP contribution in [0.25, 0.3) is 0 Å². The normalized spacial score (nSPS) is 13.9. The van der Waals surface area contributed by atoms with Crippen LogP contribution in [-0.4, -0.2) is 17.3 Å². The van der Waals surface area contributed by atoms with Gasteiger partial charge in [0.1, 0.15) is 0 Å². The average Bonchev–Trinajstić information content (AvgIpc) is 2.15. The van der Waals surface area contributed by atoms with Crippen molar-refractivity contribution in [1.29, 1.82) is 0 Å². The van der Waals surface area contributed by atoms with Crippen LogP contribution in [0.5, 0.6) is 0 Å².